The van der Waals surface area contributed by atoms with Crippen LogP contribution in [0.15, 0.2) is 28.8 Å². The van der Waals surface area contributed by atoms with Gasteiger partial charge in [-0.2, -0.15) is 0 Å². The first-order chi connectivity index (χ1) is 11.0. The molecule has 0 aliphatic carbocycles. The van der Waals surface area contributed by atoms with E-state index in [2.05, 4.69) is 10.1 Å². The highest BCUT2D eigenvalue weighted by Gasteiger charge is 2.31. The maximum atomic E-state index is 11.8. The number of ether oxygens (including phenoxy) is 2. The number of carbonyl (C=O) groups excluding carboxylic acids is 1. The highest BCUT2D eigenvalue weighted by atomic mass is 19.3. The quantitative estimate of drug-likeness (QED) is 0.840. The lowest BCUT2D eigenvalue weighted by Gasteiger charge is -2.16. The summed E-state index contributed by atoms with van der Waals surface area (Å²) in [5, 5.41) is 3.45. The summed E-state index contributed by atoms with van der Waals surface area (Å²) in [5.41, 5.74) is 0.931. The number of benzene rings is 1. The molecular formula is C16H16FNO5. The molecule has 122 valence electrons. The number of aryl methyl sites for hydroxylation is 2. The number of rotatable bonds is 5. The summed E-state index contributed by atoms with van der Waals surface area (Å²) in [6.45, 7) is 3.72. The Hall–Kier alpha value is -2.57. The van der Waals surface area contributed by atoms with E-state index >= 15 is 0 Å². The first-order valence-corrected chi connectivity index (χ1v) is 7.26. The van der Waals surface area contributed by atoms with Gasteiger partial charge in [-0.1, -0.05) is 11.2 Å². The Morgan fingerprint density at radius 1 is 1.22 bits per heavy atom. The van der Waals surface area contributed by atoms with Gasteiger partial charge in [0.2, 0.25) is 5.79 Å². The molecule has 1 aliphatic heterocycles. The Balaban J connectivity index is 1.56. The first-order valence-electron chi connectivity index (χ1n) is 7.26. The smallest absolute Gasteiger partial charge is 0.401 e. The predicted molar refractivity (Wildman–Crippen MR) is 76.8 cm³/mol. The van der Waals surface area contributed by atoms with Crippen LogP contribution in [0.2, 0.25) is 0 Å². The second-order valence-corrected chi connectivity index (χ2v) is 5.78. The fourth-order valence-electron chi connectivity index (χ4n) is 2.46. The largest absolute Gasteiger partial charge is 0.449 e. The average molecular weight is 321 g/mol. The fraction of sp³-hybridized carbons (Fsp3) is 0.375. The summed E-state index contributed by atoms with van der Waals surface area (Å²) in [7, 11) is 0. The topological polar surface area (TPSA) is 70.8 Å². The number of fused-ring (bicyclic) bond motifs is 1. The Morgan fingerprint density at radius 3 is 2.78 bits per heavy atom. The predicted octanol–water partition coefficient (Wildman–Crippen LogP) is 3.40. The van der Waals surface area contributed by atoms with Crippen molar-refractivity contribution >= 4 is 5.97 Å². The van der Waals surface area contributed by atoms with Gasteiger partial charge in [-0.3, -0.25) is 0 Å². The van der Waals surface area contributed by atoms with Crippen molar-refractivity contribution in [2.45, 2.75) is 38.9 Å². The number of hydrogen-bond donors (Lipinski definition) is 0. The Bertz CT molecular complexity index is 725. The van der Waals surface area contributed by atoms with E-state index < -0.39 is 11.8 Å². The van der Waals surface area contributed by atoms with Crippen LogP contribution in [0.3, 0.4) is 0 Å². The standard InChI is InChI=1S/C16H16FNO5/c1-16(2)20-13-7-6-10(8-14(13)21-16)4-3-5-11-9-12(18-23-11)15(19)22-17/h6-9H,3-5H2,1-2H3. The normalized spacial score (nSPS) is 14.7. The lowest BCUT2D eigenvalue weighted by atomic mass is 10.1. The van der Waals surface area contributed by atoms with Crippen LogP contribution in [0.25, 0.3) is 0 Å². The molecule has 0 saturated carbocycles. The van der Waals surface area contributed by atoms with Gasteiger partial charge in [-0.15, -0.1) is 0 Å². The van der Waals surface area contributed by atoms with Crippen LogP contribution >= 0.6 is 0 Å². The molecule has 0 saturated heterocycles. The number of nitrogens with zero attached hydrogens (tertiary/aromatic N) is 1. The molecule has 0 unspecified atom stereocenters. The maximum Gasteiger partial charge on any atom is 0.401 e. The third-order valence-corrected chi connectivity index (χ3v) is 3.45. The zero-order valence-corrected chi connectivity index (χ0v) is 12.8. The van der Waals surface area contributed by atoms with Gasteiger partial charge in [-0.25, -0.2) is 9.74 Å². The van der Waals surface area contributed by atoms with Crippen LogP contribution < -0.4 is 9.47 Å². The summed E-state index contributed by atoms with van der Waals surface area (Å²) < 4.78 is 28.1. The second kappa shape index (κ2) is 5.91. The third-order valence-electron chi connectivity index (χ3n) is 3.45. The number of aromatic nitrogens is 1. The van der Waals surface area contributed by atoms with Gasteiger partial charge in [-0.05, 0) is 30.5 Å². The maximum absolute atomic E-state index is 11.8. The molecule has 1 aliphatic rings. The average Bonchev–Trinajstić information content (AvgIpc) is 3.08. The zero-order chi connectivity index (χ0) is 16.4. The van der Waals surface area contributed by atoms with Gasteiger partial charge in [0.15, 0.2) is 17.2 Å². The molecular weight excluding hydrogens is 305 g/mol. The molecule has 6 nitrogen and oxygen atoms in total. The van der Waals surface area contributed by atoms with E-state index in [9.17, 15) is 9.32 Å². The summed E-state index contributed by atoms with van der Waals surface area (Å²) in [5.74, 6) is 0.191. The van der Waals surface area contributed by atoms with E-state index in [4.69, 9.17) is 14.0 Å². The molecule has 7 heteroatoms. The molecule has 0 amide bonds. The van der Waals surface area contributed by atoms with Crippen LogP contribution in [0.1, 0.15) is 42.1 Å². The lowest BCUT2D eigenvalue weighted by molar-refractivity contribution is -0.0795. The van der Waals surface area contributed by atoms with Gasteiger partial charge in [0.25, 0.3) is 0 Å². The fourth-order valence-corrected chi connectivity index (χ4v) is 2.46. The van der Waals surface area contributed by atoms with Crippen molar-refractivity contribution in [2.24, 2.45) is 0 Å². The first kappa shape index (κ1) is 15.3. The van der Waals surface area contributed by atoms with Crippen molar-refractivity contribution in [1.29, 1.82) is 0 Å². The Kier molecular flexibility index (Phi) is 3.94. The zero-order valence-electron chi connectivity index (χ0n) is 12.8. The monoisotopic (exact) mass is 321 g/mol. The van der Waals surface area contributed by atoms with Crippen molar-refractivity contribution in [3.8, 4) is 11.5 Å². The molecule has 2 aromatic rings. The van der Waals surface area contributed by atoms with Crippen LogP contribution in [0, 0.1) is 0 Å². The molecule has 23 heavy (non-hydrogen) atoms. The molecule has 3 rings (SSSR count). The van der Waals surface area contributed by atoms with Gasteiger partial charge in [0.1, 0.15) is 5.76 Å². The van der Waals surface area contributed by atoms with E-state index in [0.717, 1.165) is 29.9 Å². The summed E-state index contributed by atoms with van der Waals surface area (Å²) in [6, 6.07) is 7.21. The van der Waals surface area contributed by atoms with Crippen LogP contribution in [-0.2, 0) is 17.8 Å². The molecule has 0 spiro atoms. The molecule has 0 radical (unpaired) electrons. The minimum Gasteiger partial charge on any atom is -0.449 e. The minimum atomic E-state index is -1.15. The number of halogens is 1. The highest BCUT2D eigenvalue weighted by Crippen LogP contribution is 2.39. The van der Waals surface area contributed by atoms with Crippen molar-refractivity contribution in [3.05, 3.63) is 41.3 Å². The SMILES string of the molecule is CC1(C)Oc2ccc(CCCc3cc(C(=O)OF)no3)cc2O1. The van der Waals surface area contributed by atoms with Crippen molar-refractivity contribution in [3.63, 3.8) is 0 Å². The molecule has 1 aromatic heterocycles. The van der Waals surface area contributed by atoms with Crippen LogP contribution in [0.4, 0.5) is 4.53 Å². The number of carbonyl (C=O) groups is 1. The van der Waals surface area contributed by atoms with E-state index in [1.807, 2.05) is 32.0 Å². The Labute approximate surface area is 132 Å². The van der Waals surface area contributed by atoms with Crippen LogP contribution in [0.5, 0.6) is 11.5 Å². The van der Waals surface area contributed by atoms with E-state index in [1.54, 1.807) is 0 Å². The molecule has 0 N–H and O–H groups in total. The van der Waals surface area contributed by atoms with Gasteiger partial charge < -0.3 is 14.0 Å². The van der Waals surface area contributed by atoms with Crippen LogP contribution in [-0.4, -0.2) is 16.9 Å². The van der Waals surface area contributed by atoms with Gasteiger partial charge in [0, 0.05) is 30.9 Å². The molecule has 1 aromatic carbocycles. The molecule has 0 bridgehead atoms. The summed E-state index contributed by atoms with van der Waals surface area (Å²) in [6.07, 6.45) is 2.15. The molecule has 2 heterocycles. The summed E-state index contributed by atoms with van der Waals surface area (Å²) >= 11 is 0. The van der Waals surface area contributed by atoms with Gasteiger partial charge in [0.05, 0.1) is 0 Å². The van der Waals surface area contributed by atoms with Crippen molar-refractivity contribution < 1.29 is 28.3 Å². The summed E-state index contributed by atoms with van der Waals surface area (Å²) in [4.78, 5) is 14.0. The Morgan fingerprint density at radius 2 is 2.00 bits per heavy atom. The highest BCUT2D eigenvalue weighted by molar-refractivity contribution is 5.86. The van der Waals surface area contributed by atoms with E-state index in [0.29, 0.717) is 12.2 Å². The minimum absolute atomic E-state index is 0.173. The second-order valence-electron chi connectivity index (χ2n) is 5.78. The molecule has 0 atom stereocenters. The van der Waals surface area contributed by atoms with Crippen molar-refractivity contribution in [1.82, 2.24) is 5.16 Å². The van der Waals surface area contributed by atoms with E-state index in [1.165, 1.54) is 6.07 Å². The number of hydrogen-bond acceptors (Lipinski definition) is 6. The van der Waals surface area contributed by atoms with Gasteiger partial charge >= 0.3 is 5.97 Å². The third kappa shape index (κ3) is 3.44. The lowest BCUT2D eigenvalue weighted by Crippen LogP contribution is -2.29. The van der Waals surface area contributed by atoms with E-state index in [-0.39, 0.29) is 5.69 Å². The molecule has 0 fully saturated rings. The van der Waals surface area contributed by atoms with Crippen molar-refractivity contribution in [2.75, 3.05) is 0 Å².